The van der Waals surface area contributed by atoms with E-state index in [4.69, 9.17) is 28.3 Å². The highest BCUT2D eigenvalue weighted by atomic mass is 35.5. The second-order valence-corrected chi connectivity index (χ2v) is 5.98. The van der Waals surface area contributed by atoms with Crippen LogP contribution >= 0.6 is 34.5 Å². The van der Waals surface area contributed by atoms with E-state index in [1.807, 2.05) is 23.2 Å². The minimum Gasteiger partial charge on any atom is -0.481 e. The van der Waals surface area contributed by atoms with Crippen LogP contribution in [0.1, 0.15) is 18.4 Å². The highest BCUT2D eigenvalue weighted by Gasteiger charge is 2.18. The van der Waals surface area contributed by atoms with Gasteiger partial charge in [-0.05, 0) is 24.6 Å². The fourth-order valence-electron chi connectivity index (χ4n) is 1.64. The molecule has 2 aromatic rings. The first-order chi connectivity index (χ1) is 9.40. The smallest absolute Gasteiger partial charge is 0.310 e. The molecule has 20 heavy (non-hydrogen) atoms. The second-order valence-electron chi connectivity index (χ2n) is 4.29. The third-order valence-electron chi connectivity index (χ3n) is 2.88. The van der Waals surface area contributed by atoms with Crippen molar-refractivity contribution >= 4 is 46.2 Å². The van der Waals surface area contributed by atoms with Crippen molar-refractivity contribution < 1.29 is 9.90 Å². The minimum atomic E-state index is -0.943. The molecule has 0 aliphatic carbocycles. The van der Waals surface area contributed by atoms with E-state index >= 15 is 0 Å². The number of benzene rings is 1. The number of nitrogens with zero attached hydrogens (tertiary/aromatic N) is 2. The lowest BCUT2D eigenvalue weighted by Crippen LogP contribution is -2.09. The molecule has 2 rings (SSSR count). The van der Waals surface area contributed by atoms with Gasteiger partial charge in [0.05, 0.1) is 16.6 Å². The Labute approximate surface area is 129 Å². The van der Waals surface area contributed by atoms with Gasteiger partial charge in [-0.2, -0.15) is 0 Å². The van der Waals surface area contributed by atoms with Crippen LogP contribution in [0.25, 0.3) is 0 Å². The minimum absolute atomic E-state index is 0.333. The van der Waals surface area contributed by atoms with Gasteiger partial charge in [-0.1, -0.05) is 23.2 Å². The third-order valence-corrected chi connectivity index (χ3v) is 4.36. The van der Waals surface area contributed by atoms with Crippen LogP contribution in [0, 0.1) is 0 Å². The number of halogens is 2. The number of aromatic nitrogens is 1. The number of carboxylic acid groups (broad SMARTS) is 1. The van der Waals surface area contributed by atoms with E-state index in [1.165, 1.54) is 17.4 Å². The first-order valence-electron chi connectivity index (χ1n) is 5.76. The normalized spacial score (nSPS) is 13.5. The maximum Gasteiger partial charge on any atom is 0.310 e. The largest absolute Gasteiger partial charge is 0.481 e. The predicted molar refractivity (Wildman–Crippen MR) is 81.0 cm³/mol. The SMILES string of the molecule is CC(C(=O)O)c1cc(N=c2sccn2C)c(Cl)cc1Cl. The van der Waals surface area contributed by atoms with Crippen molar-refractivity contribution in [1.29, 1.82) is 0 Å². The topological polar surface area (TPSA) is 54.6 Å². The van der Waals surface area contributed by atoms with Crippen LogP contribution in [0.4, 0.5) is 5.69 Å². The van der Waals surface area contributed by atoms with Gasteiger partial charge in [0.15, 0.2) is 4.80 Å². The molecule has 1 aromatic carbocycles. The molecular weight excluding hydrogens is 319 g/mol. The maximum absolute atomic E-state index is 11.1. The van der Waals surface area contributed by atoms with E-state index < -0.39 is 11.9 Å². The molecule has 0 saturated carbocycles. The Kier molecular flexibility index (Phi) is 4.52. The zero-order valence-electron chi connectivity index (χ0n) is 10.8. The number of carbonyl (C=O) groups is 1. The lowest BCUT2D eigenvalue weighted by atomic mass is 10.0. The van der Waals surface area contributed by atoms with Gasteiger partial charge >= 0.3 is 5.97 Å². The number of thiazole rings is 1. The molecule has 1 heterocycles. The monoisotopic (exact) mass is 330 g/mol. The van der Waals surface area contributed by atoms with Crippen molar-refractivity contribution in [3.05, 3.63) is 44.1 Å². The molecule has 0 aliphatic rings. The summed E-state index contributed by atoms with van der Waals surface area (Å²) in [5.41, 5.74) is 1.01. The summed E-state index contributed by atoms with van der Waals surface area (Å²) in [7, 11) is 1.87. The number of carboxylic acids is 1. The van der Waals surface area contributed by atoms with Gasteiger partial charge in [-0.15, -0.1) is 11.3 Å². The molecule has 106 valence electrons. The summed E-state index contributed by atoms with van der Waals surface area (Å²) in [5, 5.41) is 11.7. The van der Waals surface area contributed by atoms with Crippen molar-refractivity contribution in [1.82, 2.24) is 4.57 Å². The number of hydrogen-bond donors (Lipinski definition) is 1. The molecule has 0 amide bonds. The second kappa shape index (κ2) is 5.99. The highest BCUT2D eigenvalue weighted by Crippen LogP contribution is 2.34. The lowest BCUT2D eigenvalue weighted by Gasteiger charge is -2.10. The molecule has 0 saturated heterocycles. The van der Waals surface area contributed by atoms with E-state index in [0.29, 0.717) is 21.3 Å². The van der Waals surface area contributed by atoms with E-state index in [0.717, 1.165) is 4.80 Å². The zero-order chi connectivity index (χ0) is 14.9. The van der Waals surface area contributed by atoms with Crippen LogP contribution in [-0.4, -0.2) is 15.6 Å². The van der Waals surface area contributed by atoms with Crippen molar-refractivity contribution in [3.63, 3.8) is 0 Å². The number of rotatable bonds is 3. The average molecular weight is 331 g/mol. The van der Waals surface area contributed by atoms with Crippen molar-refractivity contribution in [2.45, 2.75) is 12.8 Å². The van der Waals surface area contributed by atoms with Crippen molar-refractivity contribution in [3.8, 4) is 0 Å². The van der Waals surface area contributed by atoms with Crippen LogP contribution in [0.3, 0.4) is 0 Å². The van der Waals surface area contributed by atoms with Gasteiger partial charge in [0.25, 0.3) is 0 Å². The maximum atomic E-state index is 11.1. The molecule has 1 unspecified atom stereocenters. The molecule has 1 N–H and O–H groups in total. The Hall–Kier alpha value is -1.30. The quantitative estimate of drug-likeness (QED) is 0.930. The van der Waals surface area contributed by atoms with E-state index in [-0.39, 0.29) is 0 Å². The fourth-order valence-corrected chi connectivity index (χ4v) is 2.97. The van der Waals surface area contributed by atoms with Crippen LogP contribution in [0.15, 0.2) is 28.7 Å². The van der Waals surface area contributed by atoms with Crippen molar-refractivity contribution in [2.24, 2.45) is 12.0 Å². The highest BCUT2D eigenvalue weighted by molar-refractivity contribution is 7.07. The summed E-state index contributed by atoms with van der Waals surface area (Å²) in [6, 6.07) is 3.16. The van der Waals surface area contributed by atoms with Crippen LogP contribution in [0.5, 0.6) is 0 Å². The molecule has 4 nitrogen and oxygen atoms in total. The molecule has 0 fully saturated rings. The Morgan fingerprint density at radius 2 is 2.10 bits per heavy atom. The predicted octanol–water partition coefficient (Wildman–Crippen LogP) is 3.81. The first kappa shape index (κ1) is 15.1. The Morgan fingerprint density at radius 1 is 1.40 bits per heavy atom. The van der Waals surface area contributed by atoms with E-state index in [2.05, 4.69) is 4.99 Å². The molecule has 0 aliphatic heterocycles. The standard InChI is InChI=1S/C13H12Cl2N2O2S/c1-7(12(18)19)8-5-11(10(15)6-9(8)14)16-13-17(2)3-4-20-13/h3-7H,1-2H3,(H,18,19). The summed E-state index contributed by atoms with van der Waals surface area (Å²) in [6.07, 6.45) is 1.88. The van der Waals surface area contributed by atoms with Gasteiger partial charge in [-0.3, -0.25) is 4.79 Å². The third kappa shape index (κ3) is 3.06. The molecule has 0 radical (unpaired) electrons. The summed E-state index contributed by atoms with van der Waals surface area (Å²) >= 11 is 13.7. The Balaban J connectivity index is 2.58. The molecule has 1 aromatic heterocycles. The first-order valence-corrected chi connectivity index (χ1v) is 7.40. The van der Waals surface area contributed by atoms with Crippen LogP contribution < -0.4 is 4.80 Å². The molecule has 1 atom stereocenters. The van der Waals surface area contributed by atoms with Gasteiger partial charge < -0.3 is 9.67 Å². The van der Waals surface area contributed by atoms with Gasteiger partial charge in [0.2, 0.25) is 0 Å². The average Bonchev–Trinajstić information content (AvgIpc) is 2.77. The fraction of sp³-hybridized carbons (Fsp3) is 0.231. The Morgan fingerprint density at radius 3 is 2.65 bits per heavy atom. The van der Waals surface area contributed by atoms with E-state index in [1.54, 1.807) is 13.0 Å². The van der Waals surface area contributed by atoms with Gasteiger partial charge in [0.1, 0.15) is 0 Å². The van der Waals surface area contributed by atoms with Crippen molar-refractivity contribution in [2.75, 3.05) is 0 Å². The van der Waals surface area contributed by atoms with E-state index in [9.17, 15) is 4.79 Å². The summed E-state index contributed by atoms with van der Waals surface area (Å²) in [4.78, 5) is 16.3. The summed E-state index contributed by atoms with van der Waals surface area (Å²) < 4.78 is 1.86. The molecular formula is C13H12Cl2N2O2S. The molecule has 0 bridgehead atoms. The van der Waals surface area contributed by atoms with Gasteiger partial charge in [-0.25, -0.2) is 4.99 Å². The zero-order valence-corrected chi connectivity index (χ0v) is 13.1. The summed E-state index contributed by atoms with van der Waals surface area (Å²) in [6.45, 7) is 1.58. The molecule has 0 spiro atoms. The summed E-state index contributed by atoms with van der Waals surface area (Å²) in [5.74, 6) is -1.66. The van der Waals surface area contributed by atoms with Gasteiger partial charge in [0, 0.05) is 23.6 Å². The molecule has 7 heteroatoms. The van der Waals surface area contributed by atoms with Crippen LogP contribution in [0.2, 0.25) is 10.0 Å². The number of hydrogen-bond acceptors (Lipinski definition) is 3. The lowest BCUT2D eigenvalue weighted by molar-refractivity contribution is -0.138. The Bertz CT molecular complexity index is 721. The number of aryl methyl sites for hydroxylation is 1. The van der Waals surface area contributed by atoms with Crippen LogP contribution in [-0.2, 0) is 11.8 Å². The number of aliphatic carboxylic acids is 1.